The standard InChI is InChI=1S/C11H13NO/c1-5-7-8-9-10(3)11(4)12-13-6-2/h1,6H2,2-4H3/b12-11-. The summed E-state index contributed by atoms with van der Waals surface area (Å²) in [6.07, 6.45) is 0. The maximum absolute atomic E-state index is 4.87. The first kappa shape index (κ1) is 11.3. The van der Waals surface area contributed by atoms with Gasteiger partial charge in [-0.25, -0.2) is 0 Å². The van der Waals surface area contributed by atoms with Gasteiger partial charge in [0.05, 0.1) is 5.71 Å². The number of allylic oxidation sites excluding steroid dienone is 1. The Morgan fingerprint density at radius 3 is 2.62 bits per heavy atom. The minimum Gasteiger partial charge on any atom is -0.396 e. The normalized spacial score (nSPS) is 9.00. The van der Waals surface area contributed by atoms with Crippen LogP contribution in [0.15, 0.2) is 40.2 Å². The van der Waals surface area contributed by atoms with Gasteiger partial charge in [-0.3, -0.25) is 0 Å². The van der Waals surface area contributed by atoms with E-state index in [1.54, 1.807) is 0 Å². The van der Waals surface area contributed by atoms with Crippen LogP contribution in [-0.4, -0.2) is 12.3 Å². The zero-order chi connectivity index (χ0) is 10.1. The maximum atomic E-state index is 4.87. The molecule has 0 atom stereocenters. The number of nitrogens with zero attached hydrogens (tertiary/aromatic N) is 1. The summed E-state index contributed by atoms with van der Waals surface area (Å²) in [5.41, 5.74) is 12.1. The lowest BCUT2D eigenvalue weighted by Crippen LogP contribution is -1.93. The predicted molar refractivity (Wildman–Crippen MR) is 53.6 cm³/mol. The van der Waals surface area contributed by atoms with Crippen molar-refractivity contribution >= 4 is 5.71 Å². The Morgan fingerprint density at radius 1 is 1.38 bits per heavy atom. The van der Waals surface area contributed by atoms with Crippen molar-refractivity contribution in [3.8, 4) is 0 Å². The van der Waals surface area contributed by atoms with Crippen LogP contribution in [0, 0.1) is 0 Å². The summed E-state index contributed by atoms with van der Waals surface area (Å²) in [5, 5.41) is 3.83. The first-order valence-electron chi connectivity index (χ1n) is 4.01. The van der Waals surface area contributed by atoms with Gasteiger partial charge in [0.2, 0.25) is 0 Å². The zero-order valence-corrected chi connectivity index (χ0v) is 8.27. The summed E-state index contributed by atoms with van der Waals surface area (Å²) in [4.78, 5) is 4.87. The molecular formula is C11H13NO. The van der Waals surface area contributed by atoms with Crippen LogP contribution in [0.2, 0.25) is 0 Å². The molecule has 0 aliphatic rings. The minimum absolute atomic E-state index is 0.566. The minimum atomic E-state index is 0.566. The molecule has 0 rings (SSSR count). The van der Waals surface area contributed by atoms with E-state index in [1.165, 1.54) is 0 Å². The largest absolute Gasteiger partial charge is 0.396 e. The van der Waals surface area contributed by atoms with Crippen molar-refractivity contribution in [1.29, 1.82) is 0 Å². The monoisotopic (exact) mass is 175 g/mol. The van der Waals surface area contributed by atoms with Crippen molar-refractivity contribution in [3.05, 3.63) is 35.1 Å². The lowest BCUT2D eigenvalue weighted by molar-refractivity contribution is 0.159. The molecule has 0 saturated carbocycles. The van der Waals surface area contributed by atoms with Gasteiger partial charge in [-0.1, -0.05) is 16.6 Å². The van der Waals surface area contributed by atoms with Crippen molar-refractivity contribution in [2.24, 2.45) is 5.16 Å². The molecule has 0 amide bonds. The van der Waals surface area contributed by atoms with E-state index in [2.05, 4.69) is 34.7 Å². The fourth-order valence-corrected chi connectivity index (χ4v) is 0.489. The van der Waals surface area contributed by atoms with E-state index in [9.17, 15) is 0 Å². The Labute approximate surface area is 78.9 Å². The predicted octanol–water partition coefficient (Wildman–Crippen LogP) is 2.60. The Kier molecular flexibility index (Phi) is 6.11. The highest BCUT2D eigenvalue weighted by Crippen LogP contribution is 1.94. The Morgan fingerprint density at radius 2 is 2.08 bits per heavy atom. The first-order chi connectivity index (χ1) is 6.22. The summed E-state index contributed by atoms with van der Waals surface area (Å²) < 4.78 is 0. The molecule has 0 radical (unpaired) electrons. The van der Waals surface area contributed by atoms with Gasteiger partial charge >= 0.3 is 0 Å². The summed E-state index contributed by atoms with van der Waals surface area (Å²) in [6.45, 7) is 9.51. The molecule has 0 aromatic carbocycles. The molecule has 0 aromatic rings. The van der Waals surface area contributed by atoms with Gasteiger partial charge in [0.1, 0.15) is 6.61 Å². The average Bonchev–Trinajstić information content (AvgIpc) is 2.14. The summed E-state index contributed by atoms with van der Waals surface area (Å²) in [6, 6.07) is 0. The quantitative estimate of drug-likeness (QED) is 0.367. The van der Waals surface area contributed by atoms with Gasteiger partial charge in [-0.15, -0.1) is 0 Å². The molecular weight excluding hydrogens is 162 g/mol. The molecule has 0 aliphatic heterocycles. The molecule has 0 N–H and O–H groups in total. The highest BCUT2D eigenvalue weighted by Gasteiger charge is 1.92. The van der Waals surface area contributed by atoms with E-state index in [0.717, 1.165) is 11.3 Å². The zero-order valence-electron chi connectivity index (χ0n) is 8.27. The van der Waals surface area contributed by atoms with E-state index in [4.69, 9.17) is 4.84 Å². The third-order valence-electron chi connectivity index (χ3n) is 1.27. The SMILES string of the molecule is C=C=C=C=C=C(C)/C(C)=N\OCC. The van der Waals surface area contributed by atoms with Crippen LogP contribution in [0.3, 0.4) is 0 Å². The van der Waals surface area contributed by atoms with Crippen LogP contribution in [0.25, 0.3) is 0 Å². The third-order valence-corrected chi connectivity index (χ3v) is 1.27. The average molecular weight is 175 g/mol. The van der Waals surface area contributed by atoms with Crippen LogP contribution in [0.4, 0.5) is 0 Å². The lowest BCUT2D eigenvalue weighted by atomic mass is 10.2. The molecule has 13 heavy (non-hydrogen) atoms. The Balaban J connectivity index is 4.79. The Hall–Kier alpha value is -1.67. The van der Waals surface area contributed by atoms with Gasteiger partial charge in [0.15, 0.2) is 0 Å². The number of hydrogen-bond acceptors (Lipinski definition) is 2. The summed E-state index contributed by atoms with van der Waals surface area (Å²) in [7, 11) is 0. The number of rotatable bonds is 3. The van der Waals surface area contributed by atoms with Gasteiger partial charge in [-0.2, -0.15) is 0 Å². The fourth-order valence-electron chi connectivity index (χ4n) is 0.489. The van der Waals surface area contributed by atoms with E-state index >= 15 is 0 Å². The molecule has 0 heterocycles. The fraction of sp³-hybridized carbons (Fsp3) is 0.364. The summed E-state index contributed by atoms with van der Waals surface area (Å²) in [5.74, 6) is 0. The number of oxime groups is 1. The van der Waals surface area contributed by atoms with Crippen LogP contribution >= 0.6 is 0 Å². The molecule has 0 saturated heterocycles. The second-order valence-electron chi connectivity index (χ2n) is 2.27. The molecule has 2 heteroatoms. The van der Waals surface area contributed by atoms with Crippen LogP contribution in [0.1, 0.15) is 20.8 Å². The molecule has 0 aromatic heterocycles. The van der Waals surface area contributed by atoms with Crippen LogP contribution in [-0.2, 0) is 4.84 Å². The van der Waals surface area contributed by atoms with Crippen molar-refractivity contribution in [1.82, 2.24) is 0 Å². The second-order valence-corrected chi connectivity index (χ2v) is 2.27. The Bertz CT molecular complexity index is 340. The third kappa shape index (κ3) is 5.58. The molecule has 0 unspecified atom stereocenters. The molecule has 0 aliphatic carbocycles. The highest BCUT2D eigenvalue weighted by molar-refractivity contribution is 5.96. The van der Waals surface area contributed by atoms with Crippen LogP contribution in [0.5, 0.6) is 0 Å². The second kappa shape index (κ2) is 7.00. The molecule has 2 nitrogen and oxygen atoms in total. The molecule has 68 valence electrons. The van der Waals surface area contributed by atoms with Gasteiger partial charge in [-0.05, 0) is 38.8 Å². The van der Waals surface area contributed by atoms with E-state index < -0.39 is 0 Å². The van der Waals surface area contributed by atoms with Gasteiger partial charge in [0.25, 0.3) is 0 Å². The molecule has 0 spiro atoms. The van der Waals surface area contributed by atoms with Crippen molar-refractivity contribution in [2.75, 3.05) is 6.61 Å². The van der Waals surface area contributed by atoms with Crippen molar-refractivity contribution in [2.45, 2.75) is 20.8 Å². The topological polar surface area (TPSA) is 21.6 Å². The van der Waals surface area contributed by atoms with Gasteiger partial charge < -0.3 is 4.84 Å². The van der Waals surface area contributed by atoms with Crippen molar-refractivity contribution in [3.63, 3.8) is 0 Å². The first-order valence-corrected chi connectivity index (χ1v) is 4.01. The summed E-state index contributed by atoms with van der Waals surface area (Å²) >= 11 is 0. The lowest BCUT2D eigenvalue weighted by Gasteiger charge is -1.95. The van der Waals surface area contributed by atoms with E-state index in [1.807, 2.05) is 20.8 Å². The number of hydrogen-bond donors (Lipinski definition) is 0. The van der Waals surface area contributed by atoms with E-state index in [-0.39, 0.29) is 0 Å². The van der Waals surface area contributed by atoms with E-state index in [0.29, 0.717) is 6.61 Å². The molecule has 0 bridgehead atoms. The smallest absolute Gasteiger partial charge is 0.114 e. The molecule has 0 fully saturated rings. The van der Waals surface area contributed by atoms with Gasteiger partial charge in [0, 0.05) is 5.57 Å². The maximum Gasteiger partial charge on any atom is 0.114 e. The highest BCUT2D eigenvalue weighted by atomic mass is 16.6. The van der Waals surface area contributed by atoms with Crippen molar-refractivity contribution < 1.29 is 4.84 Å². The van der Waals surface area contributed by atoms with Crippen LogP contribution < -0.4 is 0 Å².